The largest absolute Gasteiger partial charge is 0.339 e. The average Bonchev–Trinajstić information content (AvgIpc) is 3.19. The molecule has 5 heteroatoms. The second-order valence-electron chi connectivity index (χ2n) is 7.10. The molecular formula is C19H27N3O2. The molecule has 0 bridgehead atoms. The van der Waals surface area contributed by atoms with E-state index in [4.69, 9.17) is 5.73 Å². The molecule has 0 unspecified atom stereocenters. The third-order valence-electron chi connectivity index (χ3n) is 5.32. The van der Waals surface area contributed by atoms with E-state index in [1.165, 1.54) is 0 Å². The normalized spacial score (nSPS) is 23.5. The van der Waals surface area contributed by atoms with Gasteiger partial charge < -0.3 is 16.0 Å². The van der Waals surface area contributed by atoms with Crippen molar-refractivity contribution < 1.29 is 9.59 Å². The third-order valence-corrected chi connectivity index (χ3v) is 5.32. The Balaban J connectivity index is 1.74. The summed E-state index contributed by atoms with van der Waals surface area (Å²) in [5.74, 6) is 0.240. The van der Waals surface area contributed by atoms with Crippen molar-refractivity contribution >= 4 is 17.5 Å². The van der Waals surface area contributed by atoms with Gasteiger partial charge in [-0.3, -0.25) is 9.59 Å². The molecule has 3 rings (SSSR count). The molecule has 0 radical (unpaired) electrons. The Morgan fingerprint density at radius 2 is 1.96 bits per heavy atom. The number of amides is 2. The van der Waals surface area contributed by atoms with Gasteiger partial charge in [-0.25, -0.2) is 0 Å². The van der Waals surface area contributed by atoms with E-state index in [0.29, 0.717) is 17.7 Å². The number of aryl methyl sites for hydroxylation is 1. The van der Waals surface area contributed by atoms with E-state index in [-0.39, 0.29) is 23.8 Å². The maximum absolute atomic E-state index is 12.8. The minimum Gasteiger partial charge on any atom is -0.339 e. The second-order valence-corrected chi connectivity index (χ2v) is 7.10. The Bertz CT molecular complexity index is 623. The minimum absolute atomic E-state index is 0.0264. The number of rotatable bonds is 4. The Hall–Kier alpha value is -1.88. The number of hydrogen-bond acceptors (Lipinski definition) is 3. The van der Waals surface area contributed by atoms with Crippen molar-refractivity contribution in [3.05, 3.63) is 29.3 Å². The quantitative estimate of drug-likeness (QED) is 0.892. The molecule has 2 aliphatic rings. The number of benzene rings is 1. The molecule has 1 saturated carbocycles. The van der Waals surface area contributed by atoms with E-state index >= 15 is 0 Å². The van der Waals surface area contributed by atoms with E-state index in [1.807, 2.05) is 30.0 Å². The van der Waals surface area contributed by atoms with E-state index in [2.05, 4.69) is 5.32 Å². The summed E-state index contributed by atoms with van der Waals surface area (Å²) in [5, 5.41) is 2.96. The molecule has 1 aromatic carbocycles. The summed E-state index contributed by atoms with van der Waals surface area (Å²) in [6.07, 6.45) is 5.66. The van der Waals surface area contributed by atoms with E-state index in [9.17, 15) is 9.59 Å². The van der Waals surface area contributed by atoms with Gasteiger partial charge in [0.15, 0.2) is 0 Å². The molecule has 0 spiro atoms. The molecule has 1 saturated heterocycles. The summed E-state index contributed by atoms with van der Waals surface area (Å²) in [5.41, 5.74) is 8.23. The third kappa shape index (κ3) is 3.61. The van der Waals surface area contributed by atoms with Crippen molar-refractivity contribution in [2.24, 2.45) is 11.7 Å². The zero-order valence-corrected chi connectivity index (χ0v) is 14.4. The Labute approximate surface area is 143 Å². The highest BCUT2D eigenvalue weighted by atomic mass is 16.2. The number of nitrogens with zero attached hydrogens (tertiary/aromatic N) is 1. The smallest absolute Gasteiger partial charge is 0.256 e. The molecule has 2 fully saturated rings. The molecule has 3 N–H and O–H groups in total. The number of hydrogen-bond donors (Lipinski definition) is 2. The first-order valence-corrected chi connectivity index (χ1v) is 9.00. The highest BCUT2D eigenvalue weighted by Gasteiger charge is 2.27. The lowest BCUT2D eigenvalue weighted by Gasteiger charge is -2.20. The molecule has 24 heavy (non-hydrogen) atoms. The molecular weight excluding hydrogens is 302 g/mol. The van der Waals surface area contributed by atoms with Gasteiger partial charge in [-0.15, -0.1) is 0 Å². The molecule has 1 heterocycles. The number of carbonyl (C=O) groups excluding carboxylic acids is 2. The standard InChI is InChI=1S/C19H27N3O2/c1-13-6-4-9-16(18(13)19(24)22-10-2-3-11-22)21-17(23)12-14-7-5-8-15(14)20/h4,6,9,14-15H,2-3,5,7-8,10-12,20H2,1H3,(H,21,23)/t14-,15+/m0/s1. The van der Waals surface area contributed by atoms with Crippen molar-refractivity contribution in [2.45, 2.75) is 51.5 Å². The summed E-state index contributed by atoms with van der Waals surface area (Å²) in [6, 6.07) is 5.75. The molecule has 2 atom stereocenters. The van der Waals surface area contributed by atoms with Crippen LogP contribution in [0, 0.1) is 12.8 Å². The molecule has 5 nitrogen and oxygen atoms in total. The lowest BCUT2D eigenvalue weighted by molar-refractivity contribution is -0.117. The van der Waals surface area contributed by atoms with Crippen LogP contribution in [-0.4, -0.2) is 35.8 Å². The van der Waals surface area contributed by atoms with Gasteiger partial charge in [0, 0.05) is 25.6 Å². The summed E-state index contributed by atoms with van der Waals surface area (Å²) in [4.78, 5) is 27.1. The van der Waals surface area contributed by atoms with Crippen LogP contribution in [0.15, 0.2) is 18.2 Å². The van der Waals surface area contributed by atoms with E-state index in [1.54, 1.807) is 0 Å². The van der Waals surface area contributed by atoms with Crippen LogP contribution in [-0.2, 0) is 4.79 Å². The number of likely N-dealkylation sites (tertiary alicyclic amines) is 1. The fourth-order valence-electron chi connectivity index (χ4n) is 3.89. The molecule has 2 amide bonds. The zero-order valence-electron chi connectivity index (χ0n) is 14.4. The Morgan fingerprint density at radius 1 is 1.21 bits per heavy atom. The zero-order chi connectivity index (χ0) is 17.1. The van der Waals surface area contributed by atoms with Gasteiger partial charge in [0.25, 0.3) is 5.91 Å². The van der Waals surface area contributed by atoms with Gasteiger partial charge in [-0.05, 0) is 50.2 Å². The molecule has 1 aliphatic carbocycles. The van der Waals surface area contributed by atoms with Crippen molar-refractivity contribution in [3.63, 3.8) is 0 Å². The first kappa shape index (κ1) is 17.0. The maximum atomic E-state index is 12.8. The van der Waals surface area contributed by atoms with Gasteiger partial charge in [-0.1, -0.05) is 18.6 Å². The monoisotopic (exact) mass is 329 g/mol. The predicted molar refractivity (Wildman–Crippen MR) is 94.9 cm³/mol. The van der Waals surface area contributed by atoms with Crippen LogP contribution in [0.25, 0.3) is 0 Å². The van der Waals surface area contributed by atoms with Crippen molar-refractivity contribution in [2.75, 3.05) is 18.4 Å². The molecule has 1 aliphatic heterocycles. The second kappa shape index (κ2) is 7.34. The van der Waals surface area contributed by atoms with E-state index < -0.39 is 0 Å². The number of carbonyl (C=O) groups is 2. The van der Waals surface area contributed by atoms with Crippen LogP contribution in [0.4, 0.5) is 5.69 Å². The number of anilines is 1. The van der Waals surface area contributed by atoms with Crippen LogP contribution in [0.5, 0.6) is 0 Å². The molecule has 1 aromatic rings. The number of nitrogens with one attached hydrogen (secondary N) is 1. The number of nitrogens with two attached hydrogens (primary N) is 1. The Morgan fingerprint density at radius 3 is 2.62 bits per heavy atom. The van der Waals surface area contributed by atoms with Crippen molar-refractivity contribution in [3.8, 4) is 0 Å². The van der Waals surface area contributed by atoms with Crippen molar-refractivity contribution in [1.29, 1.82) is 0 Å². The summed E-state index contributed by atoms with van der Waals surface area (Å²) < 4.78 is 0. The van der Waals surface area contributed by atoms with Crippen LogP contribution in [0.1, 0.15) is 54.4 Å². The summed E-state index contributed by atoms with van der Waals surface area (Å²) in [7, 11) is 0. The van der Waals surface area contributed by atoms with Gasteiger partial charge in [0.05, 0.1) is 11.3 Å². The first-order valence-electron chi connectivity index (χ1n) is 9.00. The fraction of sp³-hybridized carbons (Fsp3) is 0.579. The minimum atomic E-state index is -0.0431. The Kier molecular flexibility index (Phi) is 5.19. The topological polar surface area (TPSA) is 75.4 Å². The first-order chi connectivity index (χ1) is 11.6. The van der Waals surface area contributed by atoms with Crippen LogP contribution in [0.3, 0.4) is 0 Å². The predicted octanol–water partition coefficient (Wildman–Crippen LogP) is 2.69. The molecule has 0 aromatic heterocycles. The van der Waals surface area contributed by atoms with Gasteiger partial charge in [0.1, 0.15) is 0 Å². The highest BCUT2D eigenvalue weighted by Crippen LogP contribution is 2.28. The SMILES string of the molecule is Cc1cccc(NC(=O)C[C@@H]2CCC[C@H]2N)c1C(=O)N1CCCC1. The lowest BCUT2D eigenvalue weighted by Crippen LogP contribution is -2.31. The van der Waals surface area contributed by atoms with Gasteiger partial charge in [0.2, 0.25) is 5.91 Å². The van der Waals surface area contributed by atoms with Crippen LogP contribution in [0.2, 0.25) is 0 Å². The van der Waals surface area contributed by atoms with Crippen LogP contribution >= 0.6 is 0 Å². The summed E-state index contributed by atoms with van der Waals surface area (Å²) >= 11 is 0. The van der Waals surface area contributed by atoms with Crippen LogP contribution < -0.4 is 11.1 Å². The fourth-order valence-corrected chi connectivity index (χ4v) is 3.89. The highest BCUT2D eigenvalue weighted by molar-refractivity contribution is 6.05. The van der Waals surface area contributed by atoms with Crippen molar-refractivity contribution in [1.82, 2.24) is 4.90 Å². The lowest BCUT2D eigenvalue weighted by atomic mass is 9.99. The summed E-state index contributed by atoms with van der Waals surface area (Å²) in [6.45, 7) is 3.53. The van der Waals surface area contributed by atoms with Gasteiger partial charge in [-0.2, -0.15) is 0 Å². The van der Waals surface area contributed by atoms with Gasteiger partial charge >= 0.3 is 0 Å². The average molecular weight is 329 g/mol. The van der Waals surface area contributed by atoms with E-state index in [0.717, 1.165) is 50.8 Å². The molecule has 130 valence electrons. The maximum Gasteiger partial charge on any atom is 0.256 e.